The molecule has 1 heterocycles. The topological polar surface area (TPSA) is 59.0 Å². The molecule has 3 rings (SSSR count). The second kappa shape index (κ2) is 8.83. The van der Waals surface area contributed by atoms with Crippen molar-refractivity contribution >= 4 is 5.97 Å². The molecule has 1 unspecified atom stereocenters. The molecule has 2 aromatic rings. The summed E-state index contributed by atoms with van der Waals surface area (Å²) in [7, 11) is 1.66. The van der Waals surface area contributed by atoms with E-state index in [1.165, 1.54) is 0 Å². The lowest BCUT2D eigenvalue weighted by molar-refractivity contribution is -0.146. The van der Waals surface area contributed by atoms with Gasteiger partial charge in [0.2, 0.25) is 0 Å². The Hall–Kier alpha value is -2.37. The van der Waals surface area contributed by atoms with Crippen LogP contribution < -0.4 is 4.74 Å². The summed E-state index contributed by atoms with van der Waals surface area (Å²) in [6, 6.07) is 16.3. The molecule has 0 radical (unpaired) electrons. The van der Waals surface area contributed by atoms with Crippen molar-refractivity contribution < 1.29 is 19.4 Å². The Morgan fingerprint density at radius 2 is 1.73 bits per heavy atom. The van der Waals surface area contributed by atoms with Gasteiger partial charge in [-0.05, 0) is 48.1 Å². The van der Waals surface area contributed by atoms with Gasteiger partial charge in [0.1, 0.15) is 12.0 Å². The third-order valence-electron chi connectivity index (χ3n) is 4.71. The number of carboxylic acids is 1. The van der Waals surface area contributed by atoms with Crippen molar-refractivity contribution in [2.45, 2.75) is 32.1 Å². The number of benzene rings is 2. The molecule has 0 aliphatic carbocycles. The number of hydrogen-bond acceptors (Lipinski definition) is 4. The number of ether oxygens (including phenoxy) is 2. The van der Waals surface area contributed by atoms with Gasteiger partial charge in [-0.2, -0.15) is 0 Å². The lowest BCUT2D eigenvalue weighted by Crippen LogP contribution is -2.43. The highest BCUT2D eigenvalue weighted by Gasteiger charge is 2.24. The average Bonchev–Trinajstić information content (AvgIpc) is 2.67. The Kier molecular flexibility index (Phi) is 6.26. The van der Waals surface area contributed by atoms with Gasteiger partial charge < -0.3 is 14.6 Å². The first-order valence-electron chi connectivity index (χ1n) is 8.96. The van der Waals surface area contributed by atoms with Gasteiger partial charge in [-0.1, -0.05) is 36.4 Å². The highest BCUT2D eigenvalue weighted by atomic mass is 16.5. The maximum Gasteiger partial charge on any atom is 0.317 e. The fourth-order valence-electron chi connectivity index (χ4n) is 3.27. The van der Waals surface area contributed by atoms with Gasteiger partial charge >= 0.3 is 5.97 Å². The summed E-state index contributed by atoms with van der Waals surface area (Å²) >= 11 is 0. The van der Waals surface area contributed by atoms with Crippen LogP contribution in [0.15, 0.2) is 48.5 Å². The molecule has 1 N–H and O–H groups in total. The Labute approximate surface area is 154 Å². The Morgan fingerprint density at radius 1 is 1.08 bits per heavy atom. The molecular weight excluding hydrogens is 330 g/mol. The normalized spacial score (nSPS) is 17.8. The molecule has 26 heavy (non-hydrogen) atoms. The van der Waals surface area contributed by atoms with E-state index in [0.717, 1.165) is 48.2 Å². The molecule has 0 saturated carbocycles. The SMILES string of the molecule is COc1ccc(-c2ccc(COC3CCCCN3CC(=O)O)cc2)cc1. The van der Waals surface area contributed by atoms with Crippen molar-refractivity contribution in [3.8, 4) is 16.9 Å². The average molecular weight is 355 g/mol. The predicted molar refractivity (Wildman–Crippen MR) is 100 cm³/mol. The summed E-state index contributed by atoms with van der Waals surface area (Å²) < 4.78 is 11.2. The lowest BCUT2D eigenvalue weighted by Gasteiger charge is -2.34. The maximum absolute atomic E-state index is 11.0. The van der Waals surface area contributed by atoms with E-state index in [0.29, 0.717) is 6.61 Å². The van der Waals surface area contributed by atoms with E-state index in [2.05, 4.69) is 24.3 Å². The standard InChI is InChI=1S/C21H25NO4/c1-25-19-11-9-18(10-12-19)17-7-5-16(6-8-17)15-26-20-4-2-3-13-22(20)14-21(23)24/h5-12,20H,2-4,13-15H2,1H3,(H,23,24). The fraction of sp³-hybridized carbons (Fsp3) is 0.381. The Bertz CT molecular complexity index is 712. The highest BCUT2D eigenvalue weighted by Crippen LogP contribution is 2.24. The highest BCUT2D eigenvalue weighted by molar-refractivity contribution is 5.69. The second-order valence-electron chi connectivity index (χ2n) is 6.55. The number of carboxylic acid groups (broad SMARTS) is 1. The van der Waals surface area contributed by atoms with E-state index in [1.807, 2.05) is 29.2 Å². The molecule has 2 aromatic carbocycles. The van der Waals surface area contributed by atoms with E-state index in [4.69, 9.17) is 14.6 Å². The van der Waals surface area contributed by atoms with Crippen LogP contribution in [0.2, 0.25) is 0 Å². The number of likely N-dealkylation sites (tertiary alicyclic amines) is 1. The number of rotatable bonds is 7. The molecule has 0 amide bonds. The van der Waals surface area contributed by atoms with Crippen LogP contribution in [-0.2, 0) is 16.1 Å². The summed E-state index contributed by atoms with van der Waals surface area (Å²) in [4.78, 5) is 12.9. The molecule has 1 fully saturated rings. The Balaban J connectivity index is 1.59. The van der Waals surface area contributed by atoms with Gasteiger partial charge in [-0.3, -0.25) is 9.69 Å². The van der Waals surface area contributed by atoms with E-state index in [-0.39, 0.29) is 12.8 Å². The van der Waals surface area contributed by atoms with Crippen LogP contribution in [0.25, 0.3) is 11.1 Å². The molecule has 5 nitrogen and oxygen atoms in total. The van der Waals surface area contributed by atoms with Gasteiger partial charge in [0.05, 0.1) is 20.3 Å². The van der Waals surface area contributed by atoms with Crippen molar-refractivity contribution in [2.24, 2.45) is 0 Å². The molecule has 138 valence electrons. The van der Waals surface area contributed by atoms with Gasteiger partial charge in [0.15, 0.2) is 0 Å². The first-order valence-corrected chi connectivity index (χ1v) is 8.96. The maximum atomic E-state index is 11.0. The van der Waals surface area contributed by atoms with Crippen molar-refractivity contribution in [1.82, 2.24) is 4.90 Å². The van der Waals surface area contributed by atoms with Crippen LogP contribution in [0.1, 0.15) is 24.8 Å². The number of carbonyl (C=O) groups is 1. The van der Waals surface area contributed by atoms with Crippen LogP contribution in [0.5, 0.6) is 5.75 Å². The van der Waals surface area contributed by atoms with Crippen molar-refractivity contribution in [3.05, 3.63) is 54.1 Å². The quantitative estimate of drug-likeness (QED) is 0.819. The molecule has 5 heteroatoms. The predicted octanol–water partition coefficient (Wildman–Crippen LogP) is 3.78. The van der Waals surface area contributed by atoms with Gasteiger partial charge in [0.25, 0.3) is 0 Å². The molecule has 0 spiro atoms. The minimum absolute atomic E-state index is 0.0427. The largest absolute Gasteiger partial charge is 0.497 e. The summed E-state index contributed by atoms with van der Waals surface area (Å²) in [5.41, 5.74) is 3.36. The van der Waals surface area contributed by atoms with Crippen LogP contribution in [-0.4, -0.2) is 42.4 Å². The molecule has 1 aliphatic rings. The van der Waals surface area contributed by atoms with Gasteiger partial charge in [-0.15, -0.1) is 0 Å². The lowest BCUT2D eigenvalue weighted by atomic mass is 10.0. The van der Waals surface area contributed by atoms with Crippen LogP contribution in [0, 0.1) is 0 Å². The molecule has 1 atom stereocenters. The van der Waals surface area contributed by atoms with Gasteiger partial charge in [-0.25, -0.2) is 0 Å². The summed E-state index contributed by atoms with van der Waals surface area (Å²) in [5.74, 6) is 0.0431. The minimum Gasteiger partial charge on any atom is -0.497 e. The van der Waals surface area contributed by atoms with Crippen LogP contribution in [0.4, 0.5) is 0 Å². The van der Waals surface area contributed by atoms with Gasteiger partial charge in [0, 0.05) is 6.54 Å². The first-order chi connectivity index (χ1) is 12.7. The molecule has 1 saturated heterocycles. The van der Waals surface area contributed by atoms with E-state index in [9.17, 15) is 4.79 Å². The fourth-order valence-corrected chi connectivity index (χ4v) is 3.27. The number of piperidine rings is 1. The summed E-state index contributed by atoms with van der Waals surface area (Å²) in [6.07, 6.45) is 2.89. The molecule has 0 bridgehead atoms. The van der Waals surface area contributed by atoms with Crippen molar-refractivity contribution in [3.63, 3.8) is 0 Å². The molecular formula is C21H25NO4. The third-order valence-corrected chi connectivity index (χ3v) is 4.71. The van der Waals surface area contributed by atoms with Crippen LogP contribution in [0.3, 0.4) is 0 Å². The number of aliphatic carboxylic acids is 1. The monoisotopic (exact) mass is 355 g/mol. The third kappa shape index (κ3) is 4.84. The first kappa shape index (κ1) is 18.4. The molecule has 1 aliphatic heterocycles. The minimum atomic E-state index is -0.802. The van der Waals surface area contributed by atoms with Crippen LogP contribution >= 0.6 is 0 Å². The summed E-state index contributed by atoms with van der Waals surface area (Å²) in [5, 5.41) is 9.04. The van der Waals surface area contributed by atoms with E-state index >= 15 is 0 Å². The van der Waals surface area contributed by atoms with Crippen molar-refractivity contribution in [1.29, 1.82) is 0 Å². The second-order valence-corrected chi connectivity index (χ2v) is 6.55. The zero-order chi connectivity index (χ0) is 18.4. The van der Waals surface area contributed by atoms with E-state index in [1.54, 1.807) is 7.11 Å². The van der Waals surface area contributed by atoms with E-state index < -0.39 is 5.97 Å². The molecule has 0 aromatic heterocycles. The zero-order valence-electron chi connectivity index (χ0n) is 15.1. The number of hydrogen-bond donors (Lipinski definition) is 1. The number of methoxy groups -OCH3 is 1. The van der Waals surface area contributed by atoms with Crippen molar-refractivity contribution in [2.75, 3.05) is 20.2 Å². The Morgan fingerprint density at radius 3 is 2.35 bits per heavy atom. The number of nitrogens with zero attached hydrogens (tertiary/aromatic N) is 1. The summed E-state index contributed by atoms with van der Waals surface area (Å²) in [6.45, 7) is 1.32. The zero-order valence-corrected chi connectivity index (χ0v) is 15.1. The smallest absolute Gasteiger partial charge is 0.317 e.